The Balaban J connectivity index is 1.88. The van der Waals surface area contributed by atoms with Crippen molar-refractivity contribution in [2.24, 2.45) is 23.2 Å². The number of aliphatic hydroxyl groups excluding tert-OH is 2. The van der Waals surface area contributed by atoms with Gasteiger partial charge in [-0.3, -0.25) is 0 Å². The number of hydrogen-bond acceptors (Lipinski definition) is 4. The predicted molar refractivity (Wildman–Crippen MR) is 144 cm³/mol. The molecule has 3 aliphatic carbocycles. The van der Waals surface area contributed by atoms with Crippen LogP contribution in [0.1, 0.15) is 141 Å². The minimum Gasteiger partial charge on any atom is -0.393 e. The fourth-order valence-corrected chi connectivity index (χ4v) is 7.37. The van der Waals surface area contributed by atoms with Gasteiger partial charge in [-0.05, 0) is 115 Å². The second kappa shape index (κ2) is 11.8. The molecule has 3 aliphatic rings. The highest BCUT2D eigenvalue weighted by Gasteiger charge is 2.51. The Hall–Kier alpha value is -0.680. The molecule has 4 heteroatoms. The molecule has 0 unspecified atom stereocenters. The van der Waals surface area contributed by atoms with Gasteiger partial charge in [0.05, 0.1) is 23.4 Å². The molecule has 5 atom stereocenters. The molecule has 0 saturated heterocycles. The first-order chi connectivity index (χ1) is 21.3. The van der Waals surface area contributed by atoms with Gasteiger partial charge in [-0.2, -0.15) is 0 Å². The molecule has 0 aliphatic heterocycles. The van der Waals surface area contributed by atoms with Gasteiger partial charge in [-0.25, -0.2) is 0 Å². The number of aliphatic hydroxyl groups is 4. The van der Waals surface area contributed by atoms with Crippen LogP contribution in [0.5, 0.6) is 0 Å². The van der Waals surface area contributed by atoms with Gasteiger partial charge in [-0.15, -0.1) is 0 Å². The fraction of sp³-hybridized carbons (Fsp3) is 0.871. The van der Waals surface area contributed by atoms with Crippen LogP contribution in [0.3, 0.4) is 0 Å². The van der Waals surface area contributed by atoms with E-state index in [4.69, 9.17) is 16.4 Å². The molecule has 0 spiro atoms. The van der Waals surface area contributed by atoms with E-state index in [1.165, 1.54) is 5.57 Å². The molecule has 35 heavy (non-hydrogen) atoms. The predicted octanol–water partition coefficient (Wildman–Crippen LogP) is 6.46. The maximum atomic E-state index is 10.9. The standard InChI is InChI=1S/C31H54O4/c1-29(2,34)16-6-9-23(10-7-17-30(3,4)35)27-14-15-28-24(11-8-18-31(27,28)5)13-12-22-19-25(32)21-26(33)20-22/h12-13,23,25-28,32-35H,6-11,14-21H2,1-5H3/b24-13+/t25-,26-,27-,28+,31-/m1/s1/i1D3,2D3,3D3,4D3. The highest BCUT2D eigenvalue weighted by Crippen LogP contribution is 2.60. The van der Waals surface area contributed by atoms with E-state index >= 15 is 0 Å². The molecule has 0 heterocycles. The van der Waals surface area contributed by atoms with Crippen LogP contribution in [0, 0.1) is 23.2 Å². The molecule has 0 aromatic carbocycles. The highest BCUT2D eigenvalue weighted by atomic mass is 16.3. The van der Waals surface area contributed by atoms with Crippen LogP contribution in [0.2, 0.25) is 0 Å². The molecule has 0 aromatic heterocycles. The Morgan fingerprint density at radius 2 is 1.57 bits per heavy atom. The zero-order valence-electron chi connectivity index (χ0n) is 33.2. The van der Waals surface area contributed by atoms with E-state index in [-0.39, 0.29) is 36.0 Å². The molecule has 202 valence electrons. The Morgan fingerprint density at radius 3 is 2.14 bits per heavy atom. The molecule has 3 saturated carbocycles. The molecule has 3 fully saturated rings. The Morgan fingerprint density at radius 1 is 0.971 bits per heavy atom. The van der Waals surface area contributed by atoms with Crippen molar-refractivity contribution in [3.63, 3.8) is 0 Å². The molecular weight excluding hydrogens is 436 g/mol. The van der Waals surface area contributed by atoms with E-state index < -0.39 is 63.7 Å². The highest BCUT2D eigenvalue weighted by molar-refractivity contribution is 5.26. The van der Waals surface area contributed by atoms with Crippen LogP contribution in [0.15, 0.2) is 23.3 Å². The number of fused-ring (bicyclic) bond motifs is 1. The lowest BCUT2D eigenvalue weighted by Crippen LogP contribution is -2.37. The van der Waals surface area contributed by atoms with Crippen molar-refractivity contribution in [1.82, 2.24) is 0 Å². The van der Waals surface area contributed by atoms with Gasteiger partial charge in [0.15, 0.2) is 0 Å². The van der Waals surface area contributed by atoms with E-state index in [1.54, 1.807) is 0 Å². The maximum absolute atomic E-state index is 10.9. The van der Waals surface area contributed by atoms with Crippen molar-refractivity contribution >= 4 is 0 Å². The third-order valence-electron chi connectivity index (χ3n) is 8.91. The topological polar surface area (TPSA) is 80.9 Å². The van der Waals surface area contributed by atoms with E-state index in [9.17, 15) is 20.4 Å². The lowest BCUT2D eigenvalue weighted by atomic mass is 9.60. The third kappa shape index (κ3) is 8.42. The van der Waals surface area contributed by atoms with Crippen molar-refractivity contribution in [3.05, 3.63) is 23.3 Å². The van der Waals surface area contributed by atoms with Crippen LogP contribution in [-0.2, 0) is 0 Å². The minimum absolute atomic E-state index is 0.0735. The summed E-state index contributed by atoms with van der Waals surface area (Å²) in [5, 5.41) is 42.0. The summed E-state index contributed by atoms with van der Waals surface area (Å²) in [7, 11) is 0. The van der Waals surface area contributed by atoms with Gasteiger partial charge in [0.2, 0.25) is 0 Å². The molecule has 0 aromatic rings. The quantitative estimate of drug-likeness (QED) is 0.276. The minimum atomic E-state index is -3.14. The summed E-state index contributed by atoms with van der Waals surface area (Å²) in [6.07, 6.45) is 8.70. The maximum Gasteiger partial charge on any atom is 0.0602 e. The number of rotatable bonds is 10. The summed E-state index contributed by atoms with van der Waals surface area (Å²) < 4.78 is 93.0. The first-order valence-corrected chi connectivity index (χ1v) is 13.5. The Bertz CT molecular complexity index is 1040. The first-order valence-electron chi connectivity index (χ1n) is 19.5. The molecule has 0 bridgehead atoms. The SMILES string of the molecule is [2H]C([2H])([2H])C(O)(CCCC(CCCC(O)(C([2H])([2H])[2H])C([2H])([2H])[2H])[C@H]1CC[C@H]2/C(=C/C=C3C[C@@H](O)C[C@H](O)C3)CCC[C@]12C)C([2H])([2H])[2H]. The van der Waals surface area contributed by atoms with E-state index in [0.29, 0.717) is 32.1 Å². The summed E-state index contributed by atoms with van der Waals surface area (Å²) in [4.78, 5) is 0. The molecule has 3 rings (SSSR count). The number of hydrogen-bond donors (Lipinski definition) is 4. The van der Waals surface area contributed by atoms with Crippen LogP contribution in [0.25, 0.3) is 0 Å². The third-order valence-corrected chi connectivity index (χ3v) is 8.91. The van der Waals surface area contributed by atoms with Crippen LogP contribution in [-0.4, -0.2) is 43.8 Å². The zero-order chi connectivity index (χ0) is 35.9. The van der Waals surface area contributed by atoms with E-state index in [2.05, 4.69) is 13.0 Å². The van der Waals surface area contributed by atoms with Gasteiger partial charge in [0.1, 0.15) is 0 Å². The lowest BCUT2D eigenvalue weighted by Gasteiger charge is -2.45. The zero-order valence-corrected chi connectivity index (χ0v) is 21.2. The lowest BCUT2D eigenvalue weighted by molar-refractivity contribution is 0.0479. The van der Waals surface area contributed by atoms with Gasteiger partial charge in [0.25, 0.3) is 0 Å². The van der Waals surface area contributed by atoms with Crippen molar-refractivity contribution in [3.8, 4) is 0 Å². The second-order valence-corrected chi connectivity index (χ2v) is 11.9. The average molecular weight is 503 g/mol. The summed E-state index contributed by atoms with van der Waals surface area (Å²) in [6.45, 7) is -10.3. The Labute approximate surface area is 231 Å². The largest absolute Gasteiger partial charge is 0.393 e. The average Bonchev–Trinajstić information content (AvgIpc) is 3.25. The smallest absolute Gasteiger partial charge is 0.0602 e. The van der Waals surface area contributed by atoms with Crippen molar-refractivity contribution < 1.29 is 36.9 Å². The van der Waals surface area contributed by atoms with Crippen LogP contribution in [0.4, 0.5) is 0 Å². The molecular formula is C31H54O4. The first kappa shape index (κ1) is 16.3. The fourth-order valence-electron chi connectivity index (χ4n) is 7.37. The molecule has 0 radical (unpaired) electrons. The van der Waals surface area contributed by atoms with Crippen molar-refractivity contribution in [2.75, 3.05) is 0 Å². The summed E-state index contributed by atoms with van der Waals surface area (Å²) in [5.41, 5.74) is -3.71. The summed E-state index contributed by atoms with van der Waals surface area (Å²) >= 11 is 0. The molecule has 0 amide bonds. The molecule has 4 nitrogen and oxygen atoms in total. The van der Waals surface area contributed by atoms with E-state index in [1.807, 2.05) is 6.08 Å². The van der Waals surface area contributed by atoms with Gasteiger partial charge in [0, 0.05) is 16.4 Å². The van der Waals surface area contributed by atoms with Gasteiger partial charge < -0.3 is 20.4 Å². The van der Waals surface area contributed by atoms with Crippen molar-refractivity contribution in [2.45, 2.75) is 148 Å². The number of allylic oxidation sites excluding steroid dienone is 3. The Kier molecular flexibility index (Phi) is 5.50. The molecule has 4 N–H and O–H groups in total. The normalized spacial score (nSPS) is 39.9. The summed E-state index contributed by atoms with van der Waals surface area (Å²) in [5.74, 6) is 0.132. The van der Waals surface area contributed by atoms with E-state index in [0.717, 1.165) is 37.7 Å². The van der Waals surface area contributed by atoms with Crippen molar-refractivity contribution in [1.29, 1.82) is 0 Å². The summed E-state index contributed by atoms with van der Waals surface area (Å²) in [6, 6.07) is 0. The second-order valence-electron chi connectivity index (χ2n) is 11.9. The van der Waals surface area contributed by atoms with Crippen LogP contribution < -0.4 is 0 Å². The monoisotopic (exact) mass is 502 g/mol. The van der Waals surface area contributed by atoms with Gasteiger partial charge in [-0.1, -0.05) is 55.9 Å². The van der Waals surface area contributed by atoms with Crippen LogP contribution >= 0.6 is 0 Å². The van der Waals surface area contributed by atoms with Gasteiger partial charge >= 0.3 is 0 Å².